The smallest absolute Gasteiger partial charge is 0.147 e. The van der Waals surface area contributed by atoms with Gasteiger partial charge in [0.2, 0.25) is 0 Å². The first-order valence-corrected chi connectivity index (χ1v) is 5.68. The summed E-state index contributed by atoms with van der Waals surface area (Å²) in [6, 6.07) is 3.80. The van der Waals surface area contributed by atoms with Gasteiger partial charge in [0.25, 0.3) is 0 Å². The lowest BCUT2D eigenvalue weighted by atomic mass is 10.2. The first-order chi connectivity index (χ1) is 8.78. The highest BCUT2D eigenvalue weighted by Crippen LogP contribution is 2.23. The lowest BCUT2D eigenvalue weighted by molar-refractivity contribution is 0.556. The molecule has 90 valence electrons. The maximum absolute atomic E-state index is 9.14. The van der Waals surface area contributed by atoms with Crippen LogP contribution in [0.15, 0.2) is 24.7 Å². The van der Waals surface area contributed by atoms with Crippen molar-refractivity contribution in [2.45, 2.75) is 13.1 Å². The van der Waals surface area contributed by atoms with Crippen LogP contribution in [0.2, 0.25) is 0 Å². The maximum Gasteiger partial charge on any atom is 0.147 e. The van der Waals surface area contributed by atoms with Crippen LogP contribution in [0.3, 0.4) is 0 Å². The maximum atomic E-state index is 9.14. The molecule has 6 heteroatoms. The molecule has 1 aliphatic rings. The highest BCUT2D eigenvalue weighted by atomic mass is 15.3. The van der Waals surface area contributed by atoms with E-state index in [-0.39, 0.29) is 0 Å². The van der Waals surface area contributed by atoms with E-state index < -0.39 is 0 Å². The molecule has 3 rings (SSSR count). The molecule has 0 aromatic carbocycles. The molecule has 0 spiro atoms. The second-order valence-electron chi connectivity index (χ2n) is 4.21. The third-order valence-corrected chi connectivity index (χ3v) is 3.05. The van der Waals surface area contributed by atoms with E-state index in [0.717, 1.165) is 18.9 Å². The summed E-state index contributed by atoms with van der Waals surface area (Å²) in [7, 11) is 0. The number of aromatic nitrogens is 3. The van der Waals surface area contributed by atoms with E-state index in [4.69, 9.17) is 11.0 Å². The van der Waals surface area contributed by atoms with Crippen LogP contribution < -0.4 is 10.6 Å². The zero-order valence-electron chi connectivity index (χ0n) is 9.74. The third kappa shape index (κ3) is 1.66. The summed E-state index contributed by atoms with van der Waals surface area (Å²) < 4.78 is 2.11. The lowest BCUT2D eigenvalue weighted by Crippen LogP contribution is -2.34. The predicted molar refractivity (Wildman–Crippen MR) is 66.6 cm³/mol. The monoisotopic (exact) mass is 240 g/mol. The summed E-state index contributed by atoms with van der Waals surface area (Å²) in [5, 5.41) is 9.14. The van der Waals surface area contributed by atoms with E-state index >= 15 is 0 Å². The van der Waals surface area contributed by atoms with Gasteiger partial charge in [0, 0.05) is 25.5 Å². The lowest BCUT2D eigenvalue weighted by Gasteiger charge is -2.29. The molecule has 3 heterocycles. The standard InChI is InChI=1S/C12H12N6/c13-6-9-5-10(14)7-16-12(9)18-4-3-17-2-1-15-11(17)8-18/h1-2,5,7H,3-4,8,14H2. The molecule has 0 saturated heterocycles. The molecular formula is C12H12N6. The number of nitrogen functional groups attached to an aromatic ring is 1. The summed E-state index contributed by atoms with van der Waals surface area (Å²) in [6.45, 7) is 2.33. The molecule has 2 aromatic heterocycles. The number of rotatable bonds is 1. The average Bonchev–Trinajstić information content (AvgIpc) is 2.85. The highest BCUT2D eigenvalue weighted by molar-refractivity contribution is 5.59. The van der Waals surface area contributed by atoms with E-state index in [1.807, 2.05) is 6.20 Å². The van der Waals surface area contributed by atoms with Crippen LogP contribution in [-0.4, -0.2) is 21.1 Å². The van der Waals surface area contributed by atoms with Crippen LogP contribution >= 0.6 is 0 Å². The number of hydrogen-bond donors (Lipinski definition) is 1. The number of anilines is 2. The van der Waals surface area contributed by atoms with Gasteiger partial charge in [-0.3, -0.25) is 0 Å². The number of hydrogen-bond acceptors (Lipinski definition) is 5. The SMILES string of the molecule is N#Cc1cc(N)cnc1N1CCn2ccnc2C1. The van der Waals surface area contributed by atoms with Gasteiger partial charge in [-0.05, 0) is 6.07 Å². The second-order valence-corrected chi connectivity index (χ2v) is 4.21. The summed E-state index contributed by atoms with van der Waals surface area (Å²) in [4.78, 5) is 10.6. The molecule has 0 saturated carbocycles. The van der Waals surface area contributed by atoms with Gasteiger partial charge in [-0.25, -0.2) is 9.97 Å². The molecule has 0 atom stereocenters. The number of fused-ring (bicyclic) bond motifs is 1. The van der Waals surface area contributed by atoms with Crippen molar-refractivity contribution in [2.24, 2.45) is 0 Å². The Morgan fingerprint density at radius 1 is 1.33 bits per heavy atom. The van der Waals surface area contributed by atoms with Crippen molar-refractivity contribution in [1.29, 1.82) is 5.26 Å². The number of nitrogens with zero attached hydrogens (tertiary/aromatic N) is 5. The molecule has 0 bridgehead atoms. The van der Waals surface area contributed by atoms with E-state index in [1.54, 1.807) is 18.5 Å². The van der Waals surface area contributed by atoms with Gasteiger partial charge < -0.3 is 15.2 Å². The first kappa shape index (κ1) is 10.6. The Morgan fingerprint density at radius 2 is 2.22 bits per heavy atom. The normalized spacial score (nSPS) is 14.1. The van der Waals surface area contributed by atoms with Crippen molar-refractivity contribution in [2.75, 3.05) is 17.2 Å². The van der Waals surface area contributed by atoms with Gasteiger partial charge in [-0.2, -0.15) is 5.26 Å². The minimum Gasteiger partial charge on any atom is -0.397 e. The Balaban J connectivity index is 1.96. The number of pyridine rings is 1. The minimum atomic E-state index is 0.508. The molecule has 2 aromatic rings. The zero-order valence-corrected chi connectivity index (χ0v) is 9.74. The topological polar surface area (TPSA) is 83.8 Å². The molecule has 0 aliphatic carbocycles. The van der Waals surface area contributed by atoms with Crippen LogP contribution in [0.25, 0.3) is 0 Å². The van der Waals surface area contributed by atoms with Gasteiger partial charge >= 0.3 is 0 Å². The van der Waals surface area contributed by atoms with Crippen LogP contribution in [0.5, 0.6) is 0 Å². The van der Waals surface area contributed by atoms with Crippen LogP contribution in [0.4, 0.5) is 11.5 Å². The van der Waals surface area contributed by atoms with Crippen molar-refractivity contribution in [3.05, 3.63) is 36.0 Å². The van der Waals surface area contributed by atoms with Crippen molar-refractivity contribution in [1.82, 2.24) is 14.5 Å². The summed E-state index contributed by atoms with van der Waals surface area (Å²) >= 11 is 0. The van der Waals surface area contributed by atoms with Gasteiger partial charge in [0.05, 0.1) is 24.0 Å². The Labute approximate surface area is 104 Å². The molecule has 6 nitrogen and oxygen atoms in total. The molecular weight excluding hydrogens is 228 g/mol. The molecule has 18 heavy (non-hydrogen) atoms. The van der Waals surface area contributed by atoms with E-state index in [2.05, 4.69) is 25.5 Å². The van der Waals surface area contributed by atoms with Crippen LogP contribution in [-0.2, 0) is 13.1 Å². The predicted octanol–water partition coefficient (Wildman–Crippen LogP) is 0.752. The van der Waals surface area contributed by atoms with Crippen molar-refractivity contribution < 1.29 is 0 Å². The third-order valence-electron chi connectivity index (χ3n) is 3.05. The Kier molecular flexibility index (Phi) is 2.38. The summed E-state index contributed by atoms with van der Waals surface area (Å²) in [6.07, 6.45) is 5.34. The second kappa shape index (κ2) is 4.04. The van der Waals surface area contributed by atoms with Gasteiger partial charge in [-0.1, -0.05) is 0 Å². The highest BCUT2D eigenvalue weighted by Gasteiger charge is 2.20. The van der Waals surface area contributed by atoms with Crippen LogP contribution in [0, 0.1) is 11.3 Å². The molecule has 0 amide bonds. The molecule has 0 fully saturated rings. The quantitative estimate of drug-likeness (QED) is 0.795. The minimum absolute atomic E-state index is 0.508. The molecule has 2 N–H and O–H groups in total. The van der Waals surface area contributed by atoms with E-state index in [1.165, 1.54) is 0 Å². The Morgan fingerprint density at radius 3 is 3.06 bits per heavy atom. The Hall–Kier alpha value is -2.55. The largest absolute Gasteiger partial charge is 0.397 e. The van der Waals surface area contributed by atoms with E-state index in [9.17, 15) is 0 Å². The summed E-state index contributed by atoms with van der Waals surface area (Å²) in [5.41, 5.74) is 6.66. The number of nitrogens with two attached hydrogens (primary N) is 1. The fraction of sp³-hybridized carbons (Fsp3) is 0.250. The number of imidazole rings is 1. The Bertz CT molecular complexity index is 624. The van der Waals surface area contributed by atoms with Gasteiger partial charge in [0.1, 0.15) is 17.7 Å². The fourth-order valence-electron chi connectivity index (χ4n) is 2.16. The zero-order chi connectivity index (χ0) is 12.5. The van der Waals surface area contributed by atoms with E-state index in [0.29, 0.717) is 23.6 Å². The summed E-state index contributed by atoms with van der Waals surface area (Å²) in [5.74, 6) is 1.67. The number of nitriles is 1. The van der Waals surface area contributed by atoms with Crippen molar-refractivity contribution in [3.63, 3.8) is 0 Å². The molecule has 0 unspecified atom stereocenters. The average molecular weight is 240 g/mol. The van der Waals surface area contributed by atoms with Crippen LogP contribution in [0.1, 0.15) is 11.4 Å². The fourth-order valence-corrected chi connectivity index (χ4v) is 2.16. The molecule has 0 radical (unpaired) electrons. The van der Waals surface area contributed by atoms with Crippen molar-refractivity contribution in [3.8, 4) is 6.07 Å². The van der Waals surface area contributed by atoms with Gasteiger partial charge in [0.15, 0.2) is 0 Å². The first-order valence-electron chi connectivity index (χ1n) is 5.68. The molecule has 1 aliphatic heterocycles. The van der Waals surface area contributed by atoms with Crippen molar-refractivity contribution >= 4 is 11.5 Å². The van der Waals surface area contributed by atoms with Gasteiger partial charge in [-0.15, -0.1) is 0 Å².